The maximum Gasteiger partial charge on any atom is 0.266 e. The molecule has 0 saturated carbocycles. The molecule has 0 aliphatic heterocycles. The molecule has 0 heterocycles. The summed E-state index contributed by atoms with van der Waals surface area (Å²) in [6.07, 6.45) is 1.49. The van der Waals surface area contributed by atoms with Gasteiger partial charge in [0.2, 0.25) is 0 Å². The van der Waals surface area contributed by atoms with Gasteiger partial charge in [-0.25, -0.2) is 0 Å². The second-order valence-corrected chi connectivity index (χ2v) is 8.80. The number of benzene rings is 4. The lowest BCUT2D eigenvalue weighted by molar-refractivity contribution is -0.112. The molecule has 4 aromatic rings. The summed E-state index contributed by atoms with van der Waals surface area (Å²) in [4.78, 5) is 12.7. The van der Waals surface area contributed by atoms with Gasteiger partial charge in [-0.1, -0.05) is 77.8 Å². The number of carbonyl (C=O) groups excluding carboxylic acids is 1. The number of carbonyl (C=O) groups is 1. The van der Waals surface area contributed by atoms with E-state index in [2.05, 4.69) is 5.32 Å². The highest BCUT2D eigenvalue weighted by atomic mass is 35.5. The molecule has 0 fully saturated rings. The normalized spacial score (nSPS) is 10.9. The molecule has 0 saturated heterocycles. The highest BCUT2D eigenvalue weighted by Crippen LogP contribution is 2.27. The summed E-state index contributed by atoms with van der Waals surface area (Å²) in [6.45, 7) is 2.86. The summed E-state index contributed by atoms with van der Waals surface area (Å²) >= 11 is 6.39. The third-order valence-corrected chi connectivity index (χ3v) is 5.76. The van der Waals surface area contributed by atoms with Crippen LogP contribution < -0.4 is 14.8 Å². The summed E-state index contributed by atoms with van der Waals surface area (Å²) in [7, 11) is 0. The maximum absolute atomic E-state index is 12.7. The van der Waals surface area contributed by atoms with Gasteiger partial charge in [0.1, 0.15) is 36.4 Å². The molecule has 184 valence electrons. The maximum atomic E-state index is 12.7. The summed E-state index contributed by atoms with van der Waals surface area (Å²) < 4.78 is 11.6. The molecule has 37 heavy (non-hydrogen) atoms. The molecule has 0 unspecified atom stereocenters. The average Bonchev–Trinajstić information content (AvgIpc) is 2.91. The van der Waals surface area contributed by atoms with Crippen LogP contribution in [0.5, 0.6) is 11.5 Å². The molecule has 6 heteroatoms. The zero-order valence-electron chi connectivity index (χ0n) is 20.3. The molecule has 4 rings (SSSR count). The summed E-state index contributed by atoms with van der Waals surface area (Å²) in [5.41, 5.74) is 4.38. The van der Waals surface area contributed by atoms with E-state index in [-0.39, 0.29) is 5.57 Å². The second-order valence-electron chi connectivity index (χ2n) is 8.39. The zero-order chi connectivity index (χ0) is 26.0. The van der Waals surface area contributed by atoms with E-state index < -0.39 is 5.91 Å². The Balaban J connectivity index is 1.36. The number of halogens is 1. The van der Waals surface area contributed by atoms with Gasteiger partial charge in [0.15, 0.2) is 0 Å². The fourth-order valence-electron chi connectivity index (χ4n) is 3.58. The van der Waals surface area contributed by atoms with Gasteiger partial charge in [-0.3, -0.25) is 4.79 Å². The second kappa shape index (κ2) is 12.4. The third kappa shape index (κ3) is 7.47. The summed E-state index contributed by atoms with van der Waals surface area (Å²) in [5, 5.41) is 12.7. The van der Waals surface area contributed by atoms with Gasteiger partial charge in [-0.05, 0) is 66.1 Å². The topological polar surface area (TPSA) is 71.3 Å². The van der Waals surface area contributed by atoms with E-state index in [1.54, 1.807) is 42.5 Å². The van der Waals surface area contributed by atoms with Crippen molar-refractivity contribution in [3.8, 4) is 17.6 Å². The van der Waals surface area contributed by atoms with Crippen molar-refractivity contribution in [2.75, 3.05) is 5.32 Å². The number of hydrogen-bond donors (Lipinski definition) is 1. The molecule has 1 amide bonds. The molecule has 0 aromatic heterocycles. The van der Waals surface area contributed by atoms with Gasteiger partial charge in [-0.2, -0.15) is 5.26 Å². The molecular formula is C31H25ClN2O3. The molecule has 0 atom stereocenters. The number of rotatable bonds is 9. The summed E-state index contributed by atoms with van der Waals surface area (Å²) in [6, 6.07) is 32.0. The van der Waals surface area contributed by atoms with E-state index in [0.717, 1.165) is 16.7 Å². The van der Waals surface area contributed by atoms with Crippen molar-refractivity contribution in [1.82, 2.24) is 0 Å². The number of amides is 1. The van der Waals surface area contributed by atoms with Crippen LogP contribution in [0.15, 0.2) is 103 Å². The van der Waals surface area contributed by atoms with Gasteiger partial charge in [0.05, 0.1) is 5.02 Å². The highest BCUT2D eigenvalue weighted by Gasteiger charge is 2.11. The third-order valence-electron chi connectivity index (χ3n) is 5.47. The molecule has 4 aromatic carbocycles. The minimum absolute atomic E-state index is 0.0473. The number of nitrogens with zero attached hydrogens (tertiary/aromatic N) is 1. The fraction of sp³-hybridized carbons (Fsp3) is 0.0968. The predicted molar refractivity (Wildman–Crippen MR) is 146 cm³/mol. The van der Waals surface area contributed by atoms with Gasteiger partial charge in [-0.15, -0.1) is 0 Å². The van der Waals surface area contributed by atoms with Gasteiger partial charge in [0, 0.05) is 5.69 Å². The Kier molecular flexibility index (Phi) is 8.59. The van der Waals surface area contributed by atoms with Crippen molar-refractivity contribution < 1.29 is 14.3 Å². The predicted octanol–water partition coefficient (Wildman–Crippen LogP) is 7.35. The van der Waals surface area contributed by atoms with Gasteiger partial charge in [0.25, 0.3) is 5.91 Å². The van der Waals surface area contributed by atoms with E-state index in [9.17, 15) is 10.1 Å². The van der Waals surface area contributed by atoms with Gasteiger partial charge >= 0.3 is 0 Å². The molecular weight excluding hydrogens is 484 g/mol. The van der Waals surface area contributed by atoms with Crippen molar-refractivity contribution >= 4 is 29.3 Å². The van der Waals surface area contributed by atoms with E-state index in [1.807, 2.05) is 67.6 Å². The average molecular weight is 509 g/mol. The first-order valence-electron chi connectivity index (χ1n) is 11.7. The van der Waals surface area contributed by atoms with E-state index >= 15 is 0 Å². The van der Waals surface area contributed by atoms with Crippen LogP contribution in [-0.2, 0) is 18.0 Å². The molecule has 5 nitrogen and oxygen atoms in total. The zero-order valence-corrected chi connectivity index (χ0v) is 21.0. The Morgan fingerprint density at radius 2 is 1.62 bits per heavy atom. The number of aryl methyl sites for hydroxylation is 1. The van der Waals surface area contributed by atoms with E-state index in [1.165, 1.54) is 6.08 Å². The number of anilines is 1. The van der Waals surface area contributed by atoms with Crippen LogP contribution in [0.3, 0.4) is 0 Å². The Hall–Kier alpha value is -4.53. The monoisotopic (exact) mass is 508 g/mol. The van der Waals surface area contributed by atoms with Crippen LogP contribution in [0, 0.1) is 18.3 Å². The van der Waals surface area contributed by atoms with Crippen LogP contribution >= 0.6 is 11.6 Å². The Labute approximate surface area is 221 Å². The van der Waals surface area contributed by atoms with Crippen molar-refractivity contribution in [2.24, 2.45) is 0 Å². The van der Waals surface area contributed by atoms with E-state index in [0.29, 0.717) is 41.0 Å². The lowest BCUT2D eigenvalue weighted by atomic mass is 10.1. The van der Waals surface area contributed by atoms with Crippen LogP contribution in [0.25, 0.3) is 6.08 Å². The number of nitriles is 1. The van der Waals surface area contributed by atoms with Crippen molar-refractivity contribution in [2.45, 2.75) is 20.1 Å². The Morgan fingerprint density at radius 3 is 2.32 bits per heavy atom. The Morgan fingerprint density at radius 1 is 0.892 bits per heavy atom. The van der Waals surface area contributed by atoms with Gasteiger partial charge < -0.3 is 14.8 Å². The lowest BCUT2D eigenvalue weighted by Gasteiger charge is -2.10. The van der Waals surface area contributed by atoms with Crippen molar-refractivity contribution in [3.63, 3.8) is 0 Å². The highest BCUT2D eigenvalue weighted by molar-refractivity contribution is 6.32. The number of ether oxygens (including phenoxy) is 2. The standard InChI is InChI=1S/C31H25ClN2O3/c1-22-6-5-9-25(16-22)21-37-30-15-10-24(18-29(30)32)17-26(19-33)31(35)34-27-11-13-28(14-12-27)36-20-23-7-3-2-4-8-23/h2-18H,20-21H2,1H3,(H,34,35)/b26-17+. The first-order chi connectivity index (χ1) is 18.0. The quantitative estimate of drug-likeness (QED) is 0.189. The van der Waals surface area contributed by atoms with E-state index in [4.69, 9.17) is 21.1 Å². The van der Waals surface area contributed by atoms with Crippen LogP contribution in [0.2, 0.25) is 5.02 Å². The smallest absolute Gasteiger partial charge is 0.266 e. The largest absolute Gasteiger partial charge is 0.489 e. The van der Waals surface area contributed by atoms with Crippen LogP contribution in [0.4, 0.5) is 5.69 Å². The van der Waals surface area contributed by atoms with Crippen molar-refractivity contribution in [1.29, 1.82) is 5.26 Å². The first-order valence-corrected chi connectivity index (χ1v) is 12.1. The fourth-order valence-corrected chi connectivity index (χ4v) is 3.82. The SMILES string of the molecule is Cc1cccc(COc2ccc(/C=C(\C#N)C(=O)Nc3ccc(OCc4ccccc4)cc3)cc2Cl)c1. The Bertz CT molecular complexity index is 1440. The number of hydrogen-bond acceptors (Lipinski definition) is 4. The lowest BCUT2D eigenvalue weighted by Crippen LogP contribution is -2.13. The molecule has 0 spiro atoms. The summed E-state index contributed by atoms with van der Waals surface area (Å²) in [5.74, 6) is 0.687. The minimum Gasteiger partial charge on any atom is -0.489 e. The minimum atomic E-state index is -0.517. The van der Waals surface area contributed by atoms with Crippen molar-refractivity contribution in [3.05, 3.63) is 130 Å². The van der Waals surface area contributed by atoms with Crippen LogP contribution in [0.1, 0.15) is 22.3 Å². The molecule has 0 bridgehead atoms. The molecule has 0 radical (unpaired) electrons. The molecule has 1 N–H and O–H groups in total. The molecule has 0 aliphatic carbocycles. The number of nitrogens with one attached hydrogen (secondary N) is 1. The molecule has 0 aliphatic rings. The first kappa shape index (κ1) is 25.6. The van der Waals surface area contributed by atoms with Crippen LogP contribution in [-0.4, -0.2) is 5.91 Å².